The lowest BCUT2D eigenvalue weighted by atomic mass is 9.94. The molecule has 0 bridgehead atoms. The van der Waals surface area contributed by atoms with Gasteiger partial charge in [-0.05, 0) is 12.8 Å². The van der Waals surface area contributed by atoms with E-state index < -0.39 is 0 Å². The molecule has 1 aliphatic carbocycles. The molecular weight excluding hydrogens is 202 g/mol. The topological polar surface area (TPSA) is 22.9 Å². The van der Waals surface area contributed by atoms with Crippen molar-refractivity contribution in [3.05, 3.63) is 0 Å². The second kappa shape index (κ2) is 4.63. The molecule has 92 valence electrons. The van der Waals surface area contributed by atoms with Crippen LogP contribution in [0.1, 0.15) is 44.9 Å². The molecule has 0 aromatic carbocycles. The SMILES string of the molecule is C1CCC2(CC1)OC[C@@H](C[NH+]1CCCC1)O2. The molecule has 0 aromatic heterocycles. The Hall–Kier alpha value is -0.120. The number of nitrogens with one attached hydrogen (secondary N) is 1. The van der Waals surface area contributed by atoms with Gasteiger partial charge in [0, 0.05) is 25.7 Å². The van der Waals surface area contributed by atoms with Crippen molar-refractivity contribution in [1.29, 1.82) is 0 Å². The Bertz CT molecular complexity index is 232. The summed E-state index contributed by atoms with van der Waals surface area (Å²) in [6, 6.07) is 0. The van der Waals surface area contributed by atoms with Crippen LogP contribution in [0.3, 0.4) is 0 Å². The molecule has 1 atom stereocenters. The van der Waals surface area contributed by atoms with E-state index in [1.165, 1.54) is 51.7 Å². The third-order valence-corrected chi connectivity index (χ3v) is 4.36. The molecule has 0 aromatic rings. The first kappa shape index (κ1) is 11.0. The first-order valence-corrected chi connectivity index (χ1v) is 7.02. The first-order valence-electron chi connectivity index (χ1n) is 7.02. The van der Waals surface area contributed by atoms with Gasteiger partial charge in [-0.15, -0.1) is 0 Å². The van der Waals surface area contributed by atoms with Crippen molar-refractivity contribution in [1.82, 2.24) is 0 Å². The zero-order valence-electron chi connectivity index (χ0n) is 10.2. The minimum absolute atomic E-state index is 0.165. The molecule has 2 saturated heterocycles. The molecular formula is C13H24NO2+. The van der Waals surface area contributed by atoms with Crippen LogP contribution in [0.2, 0.25) is 0 Å². The van der Waals surface area contributed by atoms with Crippen molar-refractivity contribution in [2.75, 3.05) is 26.2 Å². The molecule has 0 unspecified atom stereocenters. The molecule has 16 heavy (non-hydrogen) atoms. The lowest BCUT2D eigenvalue weighted by molar-refractivity contribution is -0.890. The largest absolute Gasteiger partial charge is 0.347 e. The van der Waals surface area contributed by atoms with E-state index in [9.17, 15) is 0 Å². The van der Waals surface area contributed by atoms with Gasteiger partial charge in [-0.2, -0.15) is 0 Å². The Kier molecular flexibility index (Phi) is 3.18. The number of hydrogen-bond donors (Lipinski definition) is 1. The van der Waals surface area contributed by atoms with Crippen molar-refractivity contribution in [2.45, 2.75) is 56.8 Å². The minimum Gasteiger partial charge on any atom is -0.347 e. The fraction of sp³-hybridized carbons (Fsp3) is 1.00. The molecule has 3 fully saturated rings. The highest BCUT2D eigenvalue weighted by Crippen LogP contribution is 2.37. The Labute approximate surface area is 98.1 Å². The number of likely N-dealkylation sites (tertiary alicyclic amines) is 1. The van der Waals surface area contributed by atoms with Gasteiger partial charge in [-0.1, -0.05) is 6.42 Å². The van der Waals surface area contributed by atoms with Gasteiger partial charge in [0.05, 0.1) is 19.7 Å². The van der Waals surface area contributed by atoms with E-state index in [1.54, 1.807) is 4.90 Å². The maximum Gasteiger partial charge on any atom is 0.169 e. The predicted octanol–water partition coefficient (Wildman–Crippen LogP) is 0.741. The van der Waals surface area contributed by atoms with E-state index in [0.717, 1.165) is 19.4 Å². The van der Waals surface area contributed by atoms with E-state index >= 15 is 0 Å². The van der Waals surface area contributed by atoms with Gasteiger partial charge in [-0.25, -0.2) is 0 Å². The monoisotopic (exact) mass is 226 g/mol. The summed E-state index contributed by atoms with van der Waals surface area (Å²) in [5, 5.41) is 0. The summed E-state index contributed by atoms with van der Waals surface area (Å²) < 4.78 is 12.2. The van der Waals surface area contributed by atoms with E-state index in [1.807, 2.05) is 0 Å². The highest BCUT2D eigenvalue weighted by atomic mass is 16.7. The molecule has 1 N–H and O–H groups in total. The Morgan fingerprint density at radius 1 is 1.00 bits per heavy atom. The second-order valence-corrected chi connectivity index (χ2v) is 5.68. The van der Waals surface area contributed by atoms with Gasteiger partial charge in [-0.3, -0.25) is 0 Å². The molecule has 3 heteroatoms. The van der Waals surface area contributed by atoms with E-state index in [2.05, 4.69) is 0 Å². The van der Waals surface area contributed by atoms with Gasteiger partial charge in [0.1, 0.15) is 12.6 Å². The van der Waals surface area contributed by atoms with Crippen molar-refractivity contribution < 1.29 is 14.4 Å². The second-order valence-electron chi connectivity index (χ2n) is 5.68. The van der Waals surface area contributed by atoms with Crippen molar-refractivity contribution >= 4 is 0 Å². The Balaban J connectivity index is 1.51. The standard InChI is InChI=1S/C13H23NO2/c1-2-6-13(7-3-1)15-11-12(16-13)10-14-8-4-5-9-14/h12H,1-11H2/p+1/t12-/m1/s1. The van der Waals surface area contributed by atoms with Crippen molar-refractivity contribution in [3.63, 3.8) is 0 Å². The predicted molar refractivity (Wildman–Crippen MR) is 61.4 cm³/mol. The van der Waals surface area contributed by atoms with Crippen LogP contribution in [-0.2, 0) is 9.47 Å². The quantitative estimate of drug-likeness (QED) is 0.750. The van der Waals surface area contributed by atoms with Crippen LogP contribution in [0.15, 0.2) is 0 Å². The third kappa shape index (κ3) is 2.27. The molecule has 1 saturated carbocycles. The molecule has 2 aliphatic heterocycles. The van der Waals surface area contributed by atoms with Crippen molar-refractivity contribution in [2.24, 2.45) is 0 Å². The number of rotatable bonds is 2. The average Bonchev–Trinajstić information content (AvgIpc) is 2.92. The van der Waals surface area contributed by atoms with Gasteiger partial charge >= 0.3 is 0 Å². The summed E-state index contributed by atoms with van der Waals surface area (Å²) in [6.45, 7) is 4.69. The average molecular weight is 226 g/mol. The van der Waals surface area contributed by atoms with E-state index in [0.29, 0.717) is 6.10 Å². The summed E-state index contributed by atoms with van der Waals surface area (Å²) in [7, 11) is 0. The van der Waals surface area contributed by atoms with Gasteiger partial charge in [0.2, 0.25) is 0 Å². The molecule has 0 radical (unpaired) electrons. The van der Waals surface area contributed by atoms with E-state index in [-0.39, 0.29) is 5.79 Å². The number of hydrogen-bond acceptors (Lipinski definition) is 2. The fourth-order valence-electron chi connectivity index (χ4n) is 3.47. The van der Waals surface area contributed by atoms with Crippen molar-refractivity contribution in [3.8, 4) is 0 Å². The highest BCUT2D eigenvalue weighted by molar-refractivity contribution is 4.82. The molecule has 1 spiro atoms. The lowest BCUT2D eigenvalue weighted by Crippen LogP contribution is -3.11. The van der Waals surface area contributed by atoms with Crippen LogP contribution in [0.25, 0.3) is 0 Å². The fourth-order valence-corrected chi connectivity index (χ4v) is 3.47. The van der Waals surface area contributed by atoms with Crippen LogP contribution < -0.4 is 4.90 Å². The van der Waals surface area contributed by atoms with Crippen LogP contribution in [0.5, 0.6) is 0 Å². The van der Waals surface area contributed by atoms with Gasteiger partial charge in [0.15, 0.2) is 5.79 Å². The summed E-state index contributed by atoms with van der Waals surface area (Å²) in [5.74, 6) is -0.165. The highest BCUT2D eigenvalue weighted by Gasteiger charge is 2.43. The first-order chi connectivity index (χ1) is 7.86. The smallest absolute Gasteiger partial charge is 0.169 e. The number of ether oxygens (including phenoxy) is 2. The number of quaternary nitrogens is 1. The van der Waals surface area contributed by atoms with Crippen LogP contribution in [-0.4, -0.2) is 38.1 Å². The minimum atomic E-state index is -0.165. The summed E-state index contributed by atoms with van der Waals surface area (Å²) in [6.07, 6.45) is 9.33. The molecule has 3 nitrogen and oxygen atoms in total. The summed E-state index contributed by atoms with van der Waals surface area (Å²) in [5.41, 5.74) is 0. The molecule has 2 heterocycles. The normalized spacial score (nSPS) is 34.9. The van der Waals surface area contributed by atoms with Gasteiger partial charge < -0.3 is 14.4 Å². The van der Waals surface area contributed by atoms with Crippen LogP contribution >= 0.6 is 0 Å². The Morgan fingerprint density at radius 2 is 1.75 bits per heavy atom. The maximum absolute atomic E-state index is 6.21. The van der Waals surface area contributed by atoms with Crippen LogP contribution in [0.4, 0.5) is 0 Å². The molecule has 0 amide bonds. The zero-order valence-corrected chi connectivity index (χ0v) is 10.2. The van der Waals surface area contributed by atoms with Crippen LogP contribution in [0, 0.1) is 0 Å². The maximum atomic E-state index is 6.21. The lowest BCUT2D eigenvalue weighted by Gasteiger charge is -2.31. The Morgan fingerprint density at radius 3 is 2.50 bits per heavy atom. The molecule has 3 aliphatic rings. The third-order valence-electron chi connectivity index (χ3n) is 4.36. The van der Waals surface area contributed by atoms with E-state index in [4.69, 9.17) is 9.47 Å². The summed E-state index contributed by atoms with van der Waals surface area (Å²) in [4.78, 5) is 1.72. The molecule has 3 rings (SSSR count). The summed E-state index contributed by atoms with van der Waals surface area (Å²) >= 11 is 0. The van der Waals surface area contributed by atoms with Gasteiger partial charge in [0.25, 0.3) is 0 Å². The zero-order chi connectivity index (χ0) is 10.8.